The lowest BCUT2D eigenvalue weighted by Gasteiger charge is -2.18. The van der Waals surface area contributed by atoms with Crippen molar-refractivity contribution in [3.05, 3.63) is 33.8 Å². The van der Waals surface area contributed by atoms with E-state index >= 15 is 0 Å². The molecule has 0 fully saturated rings. The molecule has 0 spiro atoms. The summed E-state index contributed by atoms with van der Waals surface area (Å²) in [7, 11) is 0. The molecule has 0 aliphatic rings. The van der Waals surface area contributed by atoms with Gasteiger partial charge >= 0.3 is 0 Å². The quantitative estimate of drug-likeness (QED) is 0.846. The molecule has 0 aromatic heterocycles. The summed E-state index contributed by atoms with van der Waals surface area (Å²) in [5.41, 5.74) is 6.37. The van der Waals surface area contributed by atoms with Gasteiger partial charge in [0.15, 0.2) is 0 Å². The summed E-state index contributed by atoms with van der Waals surface area (Å²) in [5.74, 6) is 1.04. The number of nitrogens with two attached hydrogens (primary N) is 1. The standard InChI is InChI=1S/C13H18Cl2N2OS/c1-13(2,16)8-17-12(18)7-19-6-9-3-4-10(14)5-11(9)15/h3-5H,6-8,16H2,1-2H3,(H,17,18). The first-order chi connectivity index (χ1) is 8.78. The van der Waals surface area contributed by atoms with Gasteiger partial charge in [-0.3, -0.25) is 4.79 Å². The van der Waals surface area contributed by atoms with Crippen molar-refractivity contribution in [1.82, 2.24) is 5.32 Å². The minimum Gasteiger partial charge on any atom is -0.354 e. The fraction of sp³-hybridized carbons (Fsp3) is 0.462. The predicted octanol–water partition coefficient (Wildman–Crippen LogP) is 3.08. The third kappa shape index (κ3) is 7.06. The molecule has 0 bridgehead atoms. The smallest absolute Gasteiger partial charge is 0.230 e. The average Bonchev–Trinajstić information content (AvgIpc) is 2.28. The number of nitrogens with one attached hydrogen (secondary N) is 1. The summed E-state index contributed by atoms with van der Waals surface area (Å²) in [6.45, 7) is 4.20. The maximum absolute atomic E-state index is 11.6. The molecule has 1 rings (SSSR count). The van der Waals surface area contributed by atoms with E-state index in [0.717, 1.165) is 5.56 Å². The molecule has 6 heteroatoms. The highest BCUT2D eigenvalue weighted by atomic mass is 35.5. The molecule has 0 unspecified atom stereocenters. The molecule has 1 amide bonds. The van der Waals surface area contributed by atoms with Crippen molar-refractivity contribution in [2.75, 3.05) is 12.3 Å². The van der Waals surface area contributed by atoms with Crippen LogP contribution in [0.1, 0.15) is 19.4 Å². The van der Waals surface area contributed by atoms with Crippen LogP contribution in [0.3, 0.4) is 0 Å². The number of halogens is 2. The van der Waals surface area contributed by atoms with Gasteiger partial charge in [0, 0.05) is 27.9 Å². The fourth-order valence-electron chi connectivity index (χ4n) is 1.27. The van der Waals surface area contributed by atoms with Gasteiger partial charge in [-0.1, -0.05) is 29.3 Å². The molecule has 1 aromatic carbocycles. The number of hydrogen-bond acceptors (Lipinski definition) is 3. The zero-order valence-corrected chi connectivity index (χ0v) is 13.3. The van der Waals surface area contributed by atoms with E-state index in [1.165, 1.54) is 11.8 Å². The highest BCUT2D eigenvalue weighted by Crippen LogP contribution is 2.24. The molecule has 3 N–H and O–H groups in total. The second-order valence-electron chi connectivity index (χ2n) is 4.99. The largest absolute Gasteiger partial charge is 0.354 e. The first-order valence-corrected chi connectivity index (χ1v) is 7.76. The van der Waals surface area contributed by atoms with Crippen molar-refractivity contribution in [1.29, 1.82) is 0 Å². The molecule has 0 aliphatic heterocycles. The summed E-state index contributed by atoms with van der Waals surface area (Å²) in [6.07, 6.45) is 0. The van der Waals surface area contributed by atoms with Crippen molar-refractivity contribution < 1.29 is 4.79 Å². The molecule has 0 radical (unpaired) electrons. The summed E-state index contributed by atoms with van der Waals surface area (Å²) >= 11 is 13.4. The topological polar surface area (TPSA) is 55.1 Å². The third-order valence-corrected chi connectivity index (χ3v) is 3.82. The van der Waals surface area contributed by atoms with Gasteiger partial charge in [0.2, 0.25) is 5.91 Å². The van der Waals surface area contributed by atoms with Gasteiger partial charge in [0.25, 0.3) is 0 Å². The number of amides is 1. The second kappa shape index (κ2) is 7.39. The van der Waals surface area contributed by atoms with Gasteiger partial charge in [-0.05, 0) is 31.5 Å². The van der Waals surface area contributed by atoms with Gasteiger partial charge < -0.3 is 11.1 Å². The van der Waals surface area contributed by atoms with E-state index in [1.54, 1.807) is 12.1 Å². The number of carbonyl (C=O) groups is 1. The van der Waals surface area contributed by atoms with Crippen LogP contribution in [0.15, 0.2) is 18.2 Å². The summed E-state index contributed by atoms with van der Waals surface area (Å²) < 4.78 is 0. The van der Waals surface area contributed by atoms with E-state index in [4.69, 9.17) is 28.9 Å². The van der Waals surface area contributed by atoms with Crippen molar-refractivity contribution in [2.24, 2.45) is 5.73 Å². The van der Waals surface area contributed by atoms with E-state index in [2.05, 4.69) is 5.32 Å². The Labute approximate surface area is 128 Å². The monoisotopic (exact) mass is 320 g/mol. The van der Waals surface area contributed by atoms with E-state index in [0.29, 0.717) is 28.1 Å². The highest BCUT2D eigenvalue weighted by Gasteiger charge is 2.12. The minimum absolute atomic E-state index is 0.0198. The van der Waals surface area contributed by atoms with Crippen LogP contribution in [0.5, 0.6) is 0 Å². The van der Waals surface area contributed by atoms with Crippen LogP contribution in [0.4, 0.5) is 0 Å². The van der Waals surface area contributed by atoms with E-state index in [1.807, 2.05) is 19.9 Å². The maximum Gasteiger partial charge on any atom is 0.230 e. The molecule has 1 aromatic rings. The number of benzene rings is 1. The lowest BCUT2D eigenvalue weighted by Crippen LogP contribution is -2.45. The number of carbonyl (C=O) groups excluding carboxylic acids is 1. The highest BCUT2D eigenvalue weighted by molar-refractivity contribution is 7.99. The molecule has 0 aliphatic carbocycles. The average molecular weight is 321 g/mol. The Morgan fingerprint density at radius 3 is 2.68 bits per heavy atom. The van der Waals surface area contributed by atoms with Crippen LogP contribution in [0, 0.1) is 0 Å². The lowest BCUT2D eigenvalue weighted by atomic mass is 10.1. The number of rotatable bonds is 6. The summed E-state index contributed by atoms with van der Waals surface area (Å²) in [4.78, 5) is 11.6. The Hall–Kier alpha value is -0.420. The Kier molecular flexibility index (Phi) is 6.47. The predicted molar refractivity (Wildman–Crippen MR) is 83.9 cm³/mol. The van der Waals surface area contributed by atoms with Gasteiger partial charge in [-0.25, -0.2) is 0 Å². The third-order valence-electron chi connectivity index (χ3n) is 2.25. The van der Waals surface area contributed by atoms with Crippen molar-refractivity contribution in [3.8, 4) is 0 Å². The Morgan fingerprint density at radius 2 is 2.11 bits per heavy atom. The van der Waals surface area contributed by atoms with Crippen LogP contribution in [-0.4, -0.2) is 23.7 Å². The molecule has 0 atom stereocenters. The summed E-state index contributed by atoms with van der Waals surface area (Å²) in [6, 6.07) is 5.37. The molecular formula is C13H18Cl2N2OS. The molecule has 0 saturated heterocycles. The maximum atomic E-state index is 11.6. The number of thioether (sulfide) groups is 1. The van der Waals surface area contributed by atoms with E-state index in [9.17, 15) is 4.79 Å². The normalized spacial score (nSPS) is 11.4. The second-order valence-corrected chi connectivity index (χ2v) is 6.82. The van der Waals surface area contributed by atoms with Crippen LogP contribution in [-0.2, 0) is 10.5 Å². The van der Waals surface area contributed by atoms with E-state index < -0.39 is 0 Å². The molecule has 0 heterocycles. The van der Waals surface area contributed by atoms with Crippen molar-refractivity contribution in [3.63, 3.8) is 0 Å². The minimum atomic E-state index is -0.389. The van der Waals surface area contributed by atoms with Crippen molar-refractivity contribution >= 4 is 40.9 Å². The van der Waals surface area contributed by atoms with Gasteiger partial charge in [-0.15, -0.1) is 11.8 Å². The van der Waals surface area contributed by atoms with Gasteiger partial charge in [0.1, 0.15) is 0 Å². The Morgan fingerprint density at radius 1 is 1.42 bits per heavy atom. The zero-order valence-electron chi connectivity index (χ0n) is 11.0. The van der Waals surface area contributed by atoms with E-state index in [-0.39, 0.29) is 11.4 Å². The van der Waals surface area contributed by atoms with Crippen LogP contribution >= 0.6 is 35.0 Å². The van der Waals surface area contributed by atoms with Crippen LogP contribution in [0.2, 0.25) is 10.0 Å². The zero-order chi connectivity index (χ0) is 14.5. The lowest BCUT2D eigenvalue weighted by molar-refractivity contribution is -0.118. The first-order valence-electron chi connectivity index (χ1n) is 5.85. The van der Waals surface area contributed by atoms with Gasteiger partial charge in [-0.2, -0.15) is 0 Å². The fourth-order valence-corrected chi connectivity index (χ4v) is 2.69. The first kappa shape index (κ1) is 16.6. The SMILES string of the molecule is CC(C)(N)CNC(=O)CSCc1ccc(Cl)cc1Cl. The Bertz CT molecular complexity index is 447. The Balaban J connectivity index is 2.32. The molecule has 106 valence electrons. The molecule has 3 nitrogen and oxygen atoms in total. The van der Waals surface area contributed by atoms with Gasteiger partial charge in [0.05, 0.1) is 5.75 Å². The molecule has 19 heavy (non-hydrogen) atoms. The molecule has 0 saturated carbocycles. The number of hydrogen-bond donors (Lipinski definition) is 2. The van der Waals surface area contributed by atoms with Crippen LogP contribution in [0.25, 0.3) is 0 Å². The molecular weight excluding hydrogens is 303 g/mol. The summed E-state index contributed by atoms with van der Waals surface area (Å²) in [5, 5.41) is 4.03. The van der Waals surface area contributed by atoms with Crippen LogP contribution < -0.4 is 11.1 Å². The van der Waals surface area contributed by atoms with Crippen molar-refractivity contribution in [2.45, 2.75) is 25.1 Å².